The van der Waals surface area contributed by atoms with Crippen molar-refractivity contribution in [1.29, 1.82) is 0 Å². The zero-order chi connectivity index (χ0) is 19.9. The zero-order valence-electron chi connectivity index (χ0n) is 16.2. The molecule has 2 aromatic heterocycles. The molecule has 2 N–H and O–H groups in total. The molecule has 0 aliphatic heterocycles. The molecule has 0 radical (unpaired) electrons. The summed E-state index contributed by atoms with van der Waals surface area (Å²) < 4.78 is 24.1. The van der Waals surface area contributed by atoms with E-state index >= 15 is 0 Å². The van der Waals surface area contributed by atoms with Gasteiger partial charge in [0.2, 0.25) is 5.89 Å². The molecule has 0 spiro atoms. The predicted molar refractivity (Wildman–Crippen MR) is 99.0 cm³/mol. The van der Waals surface area contributed by atoms with Gasteiger partial charge in [-0.3, -0.25) is 9.78 Å². The fourth-order valence-corrected chi connectivity index (χ4v) is 3.92. The lowest BCUT2D eigenvalue weighted by Gasteiger charge is -2.31. The van der Waals surface area contributed by atoms with Crippen molar-refractivity contribution in [3.63, 3.8) is 0 Å². The number of nitrogens with two attached hydrogens (primary N) is 1. The Balaban J connectivity index is 1.94. The first-order chi connectivity index (χ1) is 13.4. The van der Waals surface area contributed by atoms with Crippen molar-refractivity contribution >= 4 is 5.91 Å². The number of hydrogen-bond donors (Lipinski definition) is 1. The molecule has 1 unspecified atom stereocenters. The summed E-state index contributed by atoms with van der Waals surface area (Å²) >= 11 is 0. The molecule has 4 rings (SSSR count). The standard InChI is InChI=1S/C20H25FN4O3/c1-11-24-19(25-28-11)20(2,9-12-3-4-12)15-16(18(22)26)23-10-14(13-5-6-13)17(15)27-8-7-21/h10,12-13H,3-9H2,1-2H3,(H2,22,26). The number of halogens is 1. The van der Waals surface area contributed by atoms with Crippen LogP contribution in [0.25, 0.3) is 0 Å². The third-order valence-corrected chi connectivity index (χ3v) is 5.60. The zero-order valence-corrected chi connectivity index (χ0v) is 16.2. The first kappa shape index (κ1) is 18.8. The van der Waals surface area contributed by atoms with E-state index in [0.29, 0.717) is 41.3 Å². The van der Waals surface area contributed by atoms with E-state index in [2.05, 4.69) is 15.1 Å². The molecular weight excluding hydrogens is 363 g/mol. The average Bonchev–Trinajstić information content (AvgIpc) is 3.59. The molecule has 0 bridgehead atoms. The highest BCUT2D eigenvalue weighted by Gasteiger charge is 2.45. The summed E-state index contributed by atoms with van der Waals surface area (Å²) in [4.78, 5) is 21.2. The van der Waals surface area contributed by atoms with Crippen molar-refractivity contribution in [1.82, 2.24) is 15.1 Å². The molecule has 7 nitrogen and oxygen atoms in total. The summed E-state index contributed by atoms with van der Waals surface area (Å²) in [5.41, 5.74) is 6.50. The molecule has 2 fully saturated rings. The first-order valence-corrected chi connectivity index (χ1v) is 9.76. The van der Waals surface area contributed by atoms with E-state index in [1.54, 1.807) is 13.1 Å². The lowest BCUT2D eigenvalue weighted by Crippen LogP contribution is -2.32. The Morgan fingerprint density at radius 3 is 2.68 bits per heavy atom. The van der Waals surface area contributed by atoms with Gasteiger partial charge in [-0.15, -0.1) is 0 Å². The molecular formula is C20H25FN4O3. The second kappa shape index (κ2) is 7.14. The van der Waals surface area contributed by atoms with E-state index in [1.807, 2.05) is 6.92 Å². The van der Waals surface area contributed by atoms with Crippen molar-refractivity contribution in [2.75, 3.05) is 13.3 Å². The highest BCUT2D eigenvalue weighted by molar-refractivity contribution is 5.94. The number of carbonyl (C=O) groups excluding carboxylic acids is 1. The van der Waals surface area contributed by atoms with Crippen molar-refractivity contribution in [2.24, 2.45) is 11.7 Å². The fraction of sp³-hybridized carbons (Fsp3) is 0.600. The van der Waals surface area contributed by atoms with Crippen LogP contribution < -0.4 is 10.5 Å². The van der Waals surface area contributed by atoms with Gasteiger partial charge in [-0.1, -0.05) is 18.0 Å². The van der Waals surface area contributed by atoms with Crippen LogP contribution in [0.2, 0.25) is 0 Å². The lowest BCUT2D eigenvalue weighted by molar-refractivity contribution is 0.0992. The number of rotatable bonds is 9. The predicted octanol–water partition coefficient (Wildman–Crippen LogP) is 3.20. The van der Waals surface area contributed by atoms with Gasteiger partial charge in [0.15, 0.2) is 5.82 Å². The maximum atomic E-state index is 13.0. The lowest BCUT2D eigenvalue weighted by atomic mass is 9.75. The van der Waals surface area contributed by atoms with Crippen molar-refractivity contribution in [3.05, 3.63) is 34.7 Å². The Kier molecular flexibility index (Phi) is 4.81. The van der Waals surface area contributed by atoms with Crippen molar-refractivity contribution in [3.8, 4) is 5.75 Å². The van der Waals surface area contributed by atoms with Crippen molar-refractivity contribution < 1.29 is 18.4 Å². The average molecular weight is 388 g/mol. The monoisotopic (exact) mass is 388 g/mol. The molecule has 2 aromatic rings. The van der Waals surface area contributed by atoms with Gasteiger partial charge in [-0.2, -0.15) is 4.98 Å². The van der Waals surface area contributed by atoms with Crippen LogP contribution in [0.15, 0.2) is 10.7 Å². The fourth-order valence-electron chi connectivity index (χ4n) is 3.92. The molecule has 150 valence electrons. The molecule has 2 aliphatic carbocycles. The number of pyridine rings is 1. The minimum absolute atomic E-state index is 0.0975. The number of nitrogens with zero attached hydrogens (tertiary/aromatic N) is 3. The Morgan fingerprint density at radius 1 is 1.39 bits per heavy atom. The van der Waals surface area contributed by atoms with Crippen LogP contribution in [-0.2, 0) is 5.41 Å². The van der Waals surface area contributed by atoms with E-state index < -0.39 is 18.0 Å². The number of primary amides is 1. The van der Waals surface area contributed by atoms with Gasteiger partial charge >= 0.3 is 0 Å². The third-order valence-electron chi connectivity index (χ3n) is 5.60. The van der Waals surface area contributed by atoms with Gasteiger partial charge in [0.1, 0.15) is 24.7 Å². The minimum atomic E-state index is -0.771. The second-order valence-electron chi connectivity index (χ2n) is 8.06. The van der Waals surface area contributed by atoms with E-state index in [1.165, 1.54) is 0 Å². The van der Waals surface area contributed by atoms with Crippen LogP contribution in [0.1, 0.15) is 78.3 Å². The first-order valence-electron chi connectivity index (χ1n) is 9.76. The Hall–Kier alpha value is -2.51. The molecule has 2 aliphatic rings. The van der Waals surface area contributed by atoms with Gasteiger partial charge in [0.05, 0.1) is 5.41 Å². The second-order valence-corrected chi connectivity index (χ2v) is 8.06. The van der Waals surface area contributed by atoms with Crippen LogP contribution in [0.3, 0.4) is 0 Å². The number of hydrogen-bond acceptors (Lipinski definition) is 6. The molecule has 28 heavy (non-hydrogen) atoms. The number of carbonyl (C=O) groups is 1. The summed E-state index contributed by atoms with van der Waals surface area (Å²) in [6.07, 6.45) is 6.61. The van der Waals surface area contributed by atoms with E-state index in [0.717, 1.165) is 31.2 Å². The number of alkyl halides is 1. The maximum Gasteiger partial charge on any atom is 0.267 e. The molecule has 2 heterocycles. The number of amides is 1. The molecule has 1 atom stereocenters. The van der Waals surface area contributed by atoms with Gasteiger partial charge in [0, 0.05) is 24.2 Å². The molecule has 2 saturated carbocycles. The van der Waals surface area contributed by atoms with Gasteiger partial charge in [-0.05, 0) is 38.0 Å². The summed E-state index contributed by atoms with van der Waals surface area (Å²) in [7, 11) is 0. The maximum absolute atomic E-state index is 13.0. The van der Waals surface area contributed by atoms with E-state index in [-0.39, 0.29) is 12.3 Å². The van der Waals surface area contributed by atoms with E-state index in [9.17, 15) is 9.18 Å². The number of aryl methyl sites for hydroxylation is 1. The van der Waals surface area contributed by atoms with Crippen molar-refractivity contribution in [2.45, 2.75) is 57.3 Å². The van der Waals surface area contributed by atoms with Gasteiger partial charge in [-0.25, -0.2) is 4.39 Å². The molecule has 0 aromatic carbocycles. The Labute approximate surface area is 162 Å². The smallest absolute Gasteiger partial charge is 0.267 e. The van der Waals surface area contributed by atoms with Crippen LogP contribution >= 0.6 is 0 Å². The quantitative estimate of drug-likeness (QED) is 0.707. The highest BCUT2D eigenvalue weighted by Crippen LogP contribution is 2.52. The largest absolute Gasteiger partial charge is 0.490 e. The summed E-state index contributed by atoms with van der Waals surface area (Å²) in [6, 6.07) is 0. The SMILES string of the molecule is Cc1nc(C(C)(CC2CC2)c2c(C(N)=O)ncc(C3CC3)c2OCCF)no1. The number of ether oxygens (including phenoxy) is 1. The molecule has 0 saturated heterocycles. The summed E-state index contributed by atoms with van der Waals surface area (Å²) in [6.45, 7) is 2.97. The highest BCUT2D eigenvalue weighted by atomic mass is 19.1. The molecule has 8 heteroatoms. The molecule has 1 amide bonds. The normalized spacial score (nSPS) is 18.7. The number of aromatic nitrogens is 3. The topological polar surface area (TPSA) is 104 Å². The van der Waals surface area contributed by atoms with E-state index in [4.69, 9.17) is 15.0 Å². The summed E-state index contributed by atoms with van der Waals surface area (Å²) in [5, 5.41) is 4.16. The minimum Gasteiger partial charge on any atom is -0.490 e. The van der Waals surface area contributed by atoms with Crippen LogP contribution in [0, 0.1) is 12.8 Å². The Bertz CT molecular complexity index is 892. The van der Waals surface area contributed by atoms with Gasteiger partial charge < -0.3 is 15.0 Å². The summed E-state index contributed by atoms with van der Waals surface area (Å²) in [5.74, 6) is 1.57. The van der Waals surface area contributed by atoms with Crippen LogP contribution in [-0.4, -0.2) is 34.3 Å². The Morgan fingerprint density at radius 2 is 2.14 bits per heavy atom. The van der Waals surface area contributed by atoms with Crippen LogP contribution in [0.4, 0.5) is 4.39 Å². The van der Waals surface area contributed by atoms with Gasteiger partial charge in [0.25, 0.3) is 5.91 Å². The third kappa shape index (κ3) is 3.47. The van der Waals surface area contributed by atoms with Crippen LogP contribution in [0.5, 0.6) is 5.75 Å².